The Morgan fingerprint density at radius 3 is 0.792 bits per heavy atom. The largest absolute Gasteiger partial charge is 0.497 e. The third kappa shape index (κ3) is 2.91. The molecule has 0 bridgehead atoms. The van der Waals surface area contributed by atoms with Gasteiger partial charge < -0.3 is 28.8 Å². The molecular formula is C95H38O6. The van der Waals surface area contributed by atoms with E-state index in [1.807, 2.05) is 35.5 Å². The fraction of sp³-hybridized carbons (Fsp3) is 0.137. The van der Waals surface area contributed by atoms with Gasteiger partial charge in [-0.2, -0.15) is 0 Å². The molecule has 6 heteroatoms. The second-order valence-corrected chi connectivity index (χ2v) is 33.8. The molecule has 6 nitrogen and oxygen atoms in total. The normalized spacial score (nSPS) is 27.1. The van der Waals surface area contributed by atoms with E-state index >= 15 is 5.11 Å². The molecule has 0 fully saturated rings. The van der Waals surface area contributed by atoms with Gasteiger partial charge in [-0.1, -0.05) is 60.7 Å². The lowest BCUT2D eigenvalue weighted by atomic mass is 9.35. The molecule has 0 aliphatic heterocycles. The van der Waals surface area contributed by atoms with Crippen molar-refractivity contribution in [1.82, 2.24) is 0 Å². The molecule has 454 valence electrons. The summed E-state index contributed by atoms with van der Waals surface area (Å²) in [7, 11) is 9.12. The Hall–Kier alpha value is -11.7. The van der Waals surface area contributed by atoms with Crippen molar-refractivity contribution < 1.29 is 28.8 Å². The van der Waals surface area contributed by atoms with Gasteiger partial charge >= 0.3 is 0 Å². The zero-order valence-electron chi connectivity index (χ0n) is 54.2. The first kappa shape index (κ1) is 45.1. The van der Waals surface area contributed by atoms with E-state index in [-0.39, 0.29) is 5.92 Å². The van der Waals surface area contributed by atoms with Crippen LogP contribution in [0.5, 0.6) is 28.7 Å². The topological polar surface area (TPSA) is 66.4 Å². The highest BCUT2D eigenvalue weighted by atomic mass is 16.5. The first-order valence-corrected chi connectivity index (χ1v) is 36.4. The van der Waals surface area contributed by atoms with Crippen LogP contribution in [0.3, 0.4) is 0 Å². The van der Waals surface area contributed by atoms with E-state index in [2.05, 4.69) is 121 Å². The summed E-state index contributed by atoms with van der Waals surface area (Å²) in [6, 6.07) is 47.7. The number of rotatable bonds is 10. The summed E-state index contributed by atoms with van der Waals surface area (Å²) in [5, 5.41) is 78.5. The van der Waals surface area contributed by atoms with Gasteiger partial charge in [0.25, 0.3) is 0 Å². The molecule has 0 saturated carbocycles. The second kappa shape index (κ2) is 11.6. The monoisotopic (exact) mass is 1270 g/mol. The number of hydrogen-bond donors (Lipinski definition) is 1. The molecule has 1 N–H and O–H groups in total. The van der Waals surface area contributed by atoms with Gasteiger partial charge in [-0.05, 0) is 371 Å². The molecule has 101 heavy (non-hydrogen) atoms. The minimum Gasteiger partial charge on any atom is -0.497 e. The predicted octanol–water partition coefficient (Wildman–Crippen LogP) is 20.2. The number of ether oxygens (including phenoxy) is 5. The molecule has 0 radical (unpaired) electrons. The average Bonchev–Trinajstić information content (AvgIpc) is 1.36. The number of allylic oxidation sites excluding steroid dienone is 1. The van der Waals surface area contributed by atoms with Crippen LogP contribution in [-0.2, 0) is 27.1 Å². The SMILES string of the molecule is COc1ccc(C23C4=C5C6(c7ccc(OC)cc7)c7c2c2c8c3c3c9c%10c%11c%12c%13c%14c%15c%16c%17c%18c(c6c6c7c7c2c2c%19c8c9c8c9c%10c%13c%10c%13c%14c%17c%14c%17c%18c6c6c7c2c2c(c%198)c(c9%10)c(c%13%14)c2c6%17)C%16(c2ccc(OC)cc2)C5(O)C(C4C3%11c2ccc(OC)cc2)C%12%15c2ccc(OC)cc2)cc1. The fourth-order valence-corrected chi connectivity index (χ4v) is 32.1. The van der Waals surface area contributed by atoms with Crippen LogP contribution < -0.4 is 23.7 Å². The Morgan fingerprint density at radius 2 is 0.446 bits per heavy atom. The summed E-state index contributed by atoms with van der Waals surface area (Å²) in [4.78, 5) is 0. The molecule has 11 aliphatic rings. The summed E-state index contributed by atoms with van der Waals surface area (Å²) >= 11 is 0. The Labute approximate surface area is 565 Å². The van der Waals surface area contributed by atoms with Crippen LogP contribution in [0.1, 0.15) is 83.5 Å². The summed E-state index contributed by atoms with van der Waals surface area (Å²) in [5.41, 5.74) is 16.7. The van der Waals surface area contributed by atoms with E-state index in [0.717, 1.165) is 34.3 Å². The van der Waals surface area contributed by atoms with Crippen LogP contribution in [0.4, 0.5) is 0 Å². The zero-order chi connectivity index (χ0) is 63.6. The van der Waals surface area contributed by atoms with Gasteiger partial charge in [0.2, 0.25) is 0 Å². The van der Waals surface area contributed by atoms with Crippen LogP contribution in [0.25, 0.3) is 215 Å². The van der Waals surface area contributed by atoms with Crippen molar-refractivity contribution in [1.29, 1.82) is 0 Å². The van der Waals surface area contributed by atoms with Crippen LogP contribution >= 0.6 is 0 Å². The maximum atomic E-state index is 18.6. The molecule has 0 aromatic heterocycles. The molecule has 26 aromatic rings. The maximum Gasteiger partial charge on any atom is 0.118 e. The highest BCUT2D eigenvalue weighted by Gasteiger charge is 2.90. The van der Waals surface area contributed by atoms with Gasteiger partial charge in [0.05, 0.1) is 62.6 Å². The Kier molecular flexibility index (Phi) is 5.16. The van der Waals surface area contributed by atoms with E-state index in [1.54, 1.807) is 21.5 Å². The van der Waals surface area contributed by atoms with Crippen LogP contribution in [0, 0.1) is 11.8 Å². The number of aliphatic hydroxyl groups is 1. The molecule has 0 heterocycles. The highest BCUT2D eigenvalue weighted by Crippen LogP contribution is 2.95. The van der Waals surface area contributed by atoms with Crippen molar-refractivity contribution >= 4 is 215 Å². The van der Waals surface area contributed by atoms with E-state index in [4.69, 9.17) is 23.7 Å². The van der Waals surface area contributed by atoms with Gasteiger partial charge in [-0.15, -0.1) is 0 Å². The zero-order valence-corrected chi connectivity index (χ0v) is 54.2. The number of benzene rings is 20. The summed E-state index contributed by atoms with van der Waals surface area (Å²) in [5.74, 6) is 3.28. The van der Waals surface area contributed by atoms with Gasteiger partial charge in [-0.25, -0.2) is 0 Å². The summed E-state index contributed by atoms with van der Waals surface area (Å²) in [6.07, 6.45) is 0. The first-order valence-electron chi connectivity index (χ1n) is 36.4. The van der Waals surface area contributed by atoms with Crippen molar-refractivity contribution in [2.24, 2.45) is 11.8 Å². The third-order valence-electron chi connectivity index (χ3n) is 33.0. The fourth-order valence-electron chi connectivity index (χ4n) is 32.1. The van der Waals surface area contributed by atoms with Crippen molar-refractivity contribution in [3.63, 3.8) is 0 Å². The predicted molar refractivity (Wildman–Crippen MR) is 401 cm³/mol. The minimum absolute atomic E-state index is 0.360. The molecule has 37 rings (SSSR count). The van der Waals surface area contributed by atoms with Crippen molar-refractivity contribution in [2.75, 3.05) is 35.5 Å². The standard InChI is InChI=1S/C95H38O6/c1-97-31-16-6-26(7-17-31)90-76-66-56-46-41-36-37-39-40-38(36)43-49-47(41)57(56)67-69-59(49)61-51(43)53-45(40)55-54-44(39)52-50-42(37)48(46)58-60(50)70-72-62(52)64(54)74-75-65(55)63(53)73-71(61)81-79(69)91(77(67)76,27-8-18-32(98-2)19-9-27)87-86(90)88-92(80(70)78(90)68(58)66,28-10-20-33(99-3)21-11-28)82(72)84(74)94(30-14-24-35(101-5)25-15-30)85(75)83(73)93(81,89(87)95(88,94)96)29-12-22-34(100-4)23-13-29/h6-25,86,88,96H,1-5H3. The molecule has 8 unspecified atom stereocenters. The molecule has 11 aliphatic carbocycles. The lowest BCUT2D eigenvalue weighted by Gasteiger charge is -2.67. The van der Waals surface area contributed by atoms with Gasteiger partial charge in [-0.3, -0.25) is 0 Å². The van der Waals surface area contributed by atoms with E-state index in [9.17, 15) is 0 Å². The summed E-state index contributed by atoms with van der Waals surface area (Å²) in [6.45, 7) is 0. The molecule has 8 atom stereocenters. The van der Waals surface area contributed by atoms with Gasteiger partial charge in [0, 0.05) is 11.8 Å². The summed E-state index contributed by atoms with van der Waals surface area (Å²) < 4.78 is 31.7. The van der Waals surface area contributed by atoms with Crippen molar-refractivity contribution in [2.45, 2.75) is 32.7 Å². The van der Waals surface area contributed by atoms with Gasteiger partial charge in [0.15, 0.2) is 0 Å². The second-order valence-electron chi connectivity index (χ2n) is 33.8. The number of hydrogen-bond acceptors (Lipinski definition) is 6. The maximum absolute atomic E-state index is 18.6. The first-order chi connectivity index (χ1) is 49.9. The van der Waals surface area contributed by atoms with E-state index in [1.165, 1.54) is 283 Å². The van der Waals surface area contributed by atoms with Crippen LogP contribution in [0.15, 0.2) is 132 Å². The Balaban J connectivity index is 1.00. The van der Waals surface area contributed by atoms with Gasteiger partial charge in [0.1, 0.15) is 34.3 Å². The lowest BCUT2D eigenvalue weighted by Crippen LogP contribution is -2.72. The average molecular weight is 1280 g/mol. The smallest absolute Gasteiger partial charge is 0.118 e. The molecule has 0 amide bonds. The minimum atomic E-state index is -1.70. The van der Waals surface area contributed by atoms with E-state index < -0.39 is 38.6 Å². The Morgan fingerprint density at radius 1 is 0.228 bits per heavy atom. The molecule has 26 aromatic carbocycles. The third-order valence-corrected chi connectivity index (χ3v) is 33.0. The van der Waals surface area contributed by atoms with Crippen molar-refractivity contribution in [3.05, 3.63) is 216 Å². The highest BCUT2D eigenvalue weighted by molar-refractivity contribution is 6.77. The quantitative estimate of drug-likeness (QED) is 0.109. The van der Waals surface area contributed by atoms with Crippen LogP contribution in [-0.4, -0.2) is 46.3 Å². The Bertz CT molecular complexity index is 8820. The van der Waals surface area contributed by atoms with Crippen molar-refractivity contribution in [3.8, 4) is 28.7 Å². The molecular weight excluding hydrogens is 1240 g/mol. The molecule has 0 spiro atoms. The van der Waals surface area contributed by atoms with E-state index in [0.29, 0.717) is 0 Å². The molecule has 0 saturated heterocycles. The lowest BCUT2D eigenvalue weighted by molar-refractivity contribution is -0.0766. The number of methoxy groups -OCH3 is 5. The van der Waals surface area contributed by atoms with Crippen LogP contribution in [0.2, 0.25) is 0 Å².